The predicted molar refractivity (Wildman–Crippen MR) is 120 cm³/mol. The zero-order valence-corrected chi connectivity index (χ0v) is 18.3. The fraction of sp³-hybridized carbons (Fsp3) is 0.280. The van der Waals surface area contributed by atoms with Crippen molar-refractivity contribution in [3.63, 3.8) is 0 Å². The Bertz CT molecular complexity index is 1000. The average Bonchev–Trinajstić information content (AvgIpc) is 3.00. The lowest BCUT2D eigenvalue weighted by molar-refractivity contribution is -0.138. The van der Waals surface area contributed by atoms with Gasteiger partial charge in [-0.05, 0) is 75.7 Å². The molecule has 0 aromatic heterocycles. The molecule has 1 aliphatic heterocycles. The molecule has 31 heavy (non-hydrogen) atoms. The molecule has 0 saturated carbocycles. The molecule has 6 nitrogen and oxygen atoms in total. The Hall–Kier alpha value is -3.54. The molecule has 0 unspecified atom stereocenters. The van der Waals surface area contributed by atoms with Gasteiger partial charge in [-0.15, -0.1) is 0 Å². The highest BCUT2D eigenvalue weighted by Crippen LogP contribution is 2.36. The summed E-state index contributed by atoms with van der Waals surface area (Å²) in [7, 11) is 0. The number of nitrogens with zero attached hydrogens (tertiary/aromatic N) is 1. The van der Waals surface area contributed by atoms with Crippen LogP contribution >= 0.6 is 0 Å². The Morgan fingerprint density at radius 3 is 1.94 bits per heavy atom. The first-order valence-electron chi connectivity index (χ1n) is 10.4. The number of carbonyl (C=O) groups is 2. The summed E-state index contributed by atoms with van der Waals surface area (Å²) in [5.74, 6) is 0.670. The third-order valence-electron chi connectivity index (χ3n) is 4.79. The molecule has 0 aliphatic carbocycles. The summed E-state index contributed by atoms with van der Waals surface area (Å²) in [6, 6.07) is 14.6. The normalized spacial score (nSPS) is 14.9. The SMILES string of the molecule is CCOC(=O)C1=C(C)N(c2ccc(OCC)cc2)C(=O)C1=Cc1ccc(OCC)cc1. The Balaban J connectivity index is 2.01. The fourth-order valence-electron chi connectivity index (χ4n) is 3.44. The van der Waals surface area contributed by atoms with Crippen molar-refractivity contribution in [3.8, 4) is 11.5 Å². The van der Waals surface area contributed by atoms with Crippen LogP contribution in [0, 0.1) is 0 Å². The van der Waals surface area contributed by atoms with Crippen LogP contribution in [0.15, 0.2) is 65.4 Å². The third-order valence-corrected chi connectivity index (χ3v) is 4.79. The Morgan fingerprint density at radius 1 is 0.871 bits per heavy atom. The van der Waals surface area contributed by atoms with Crippen molar-refractivity contribution in [2.24, 2.45) is 0 Å². The Morgan fingerprint density at radius 2 is 1.42 bits per heavy atom. The maximum absolute atomic E-state index is 13.4. The van der Waals surface area contributed by atoms with E-state index in [0.717, 1.165) is 17.1 Å². The van der Waals surface area contributed by atoms with E-state index < -0.39 is 5.97 Å². The molecule has 0 fully saturated rings. The molecular formula is C25H27NO5. The molecule has 2 aromatic carbocycles. The maximum atomic E-state index is 13.4. The Kier molecular flexibility index (Phi) is 7.13. The monoisotopic (exact) mass is 421 g/mol. The van der Waals surface area contributed by atoms with Crippen molar-refractivity contribution in [1.29, 1.82) is 0 Å². The standard InChI is InChI=1S/C25H27NO5/c1-5-29-20-12-8-18(9-13-20)16-22-23(25(28)31-7-3)17(4)26(24(22)27)19-10-14-21(15-11-19)30-6-2/h8-16H,5-7H2,1-4H3. The molecule has 0 spiro atoms. The number of hydrogen-bond donors (Lipinski definition) is 0. The van der Waals surface area contributed by atoms with Gasteiger partial charge in [0.2, 0.25) is 0 Å². The van der Waals surface area contributed by atoms with Crippen LogP contribution in [0.3, 0.4) is 0 Å². The lowest BCUT2D eigenvalue weighted by Crippen LogP contribution is -2.24. The number of hydrogen-bond acceptors (Lipinski definition) is 5. The second kappa shape index (κ2) is 9.98. The van der Waals surface area contributed by atoms with Crippen molar-refractivity contribution >= 4 is 23.6 Å². The van der Waals surface area contributed by atoms with Crippen molar-refractivity contribution in [2.45, 2.75) is 27.7 Å². The van der Waals surface area contributed by atoms with Gasteiger partial charge >= 0.3 is 5.97 Å². The van der Waals surface area contributed by atoms with Crippen LogP contribution in [0.2, 0.25) is 0 Å². The van der Waals surface area contributed by atoms with E-state index in [9.17, 15) is 9.59 Å². The van der Waals surface area contributed by atoms with Crippen LogP contribution in [0.1, 0.15) is 33.3 Å². The van der Waals surface area contributed by atoms with Crippen molar-refractivity contribution in [1.82, 2.24) is 0 Å². The van der Waals surface area contributed by atoms with Crippen LogP contribution in [0.4, 0.5) is 5.69 Å². The van der Waals surface area contributed by atoms with Gasteiger partial charge in [0.1, 0.15) is 11.5 Å². The number of carbonyl (C=O) groups excluding carboxylic acids is 2. The van der Waals surface area contributed by atoms with E-state index in [1.165, 1.54) is 4.90 Å². The number of rotatable bonds is 8. The maximum Gasteiger partial charge on any atom is 0.340 e. The molecular weight excluding hydrogens is 394 g/mol. The highest BCUT2D eigenvalue weighted by molar-refractivity contribution is 6.23. The molecule has 1 amide bonds. The van der Waals surface area contributed by atoms with Gasteiger partial charge in [0.25, 0.3) is 5.91 Å². The molecule has 1 heterocycles. The summed E-state index contributed by atoms with van der Waals surface area (Å²) in [6.45, 7) is 8.68. The van der Waals surface area contributed by atoms with Crippen molar-refractivity contribution in [3.05, 3.63) is 70.9 Å². The third kappa shape index (κ3) is 4.79. The highest BCUT2D eigenvalue weighted by atomic mass is 16.5. The summed E-state index contributed by atoms with van der Waals surface area (Å²) in [4.78, 5) is 27.6. The number of amides is 1. The molecule has 1 aliphatic rings. The lowest BCUT2D eigenvalue weighted by atomic mass is 10.0. The molecule has 0 saturated heterocycles. The van der Waals surface area contributed by atoms with E-state index >= 15 is 0 Å². The van der Waals surface area contributed by atoms with Gasteiger partial charge in [-0.1, -0.05) is 12.1 Å². The first-order valence-corrected chi connectivity index (χ1v) is 10.4. The first-order chi connectivity index (χ1) is 15.0. The second-order valence-corrected chi connectivity index (χ2v) is 6.81. The summed E-state index contributed by atoms with van der Waals surface area (Å²) >= 11 is 0. The average molecular weight is 421 g/mol. The minimum Gasteiger partial charge on any atom is -0.494 e. The molecule has 3 rings (SSSR count). The highest BCUT2D eigenvalue weighted by Gasteiger charge is 2.38. The zero-order valence-electron chi connectivity index (χ0n) is 18.3. The van der Waals surface area contributed by atoms with Gasteiger partial charge in [-0.25, -0.2) is 4.79 Å². The van der Waals surface area contributed by atoms with E-state index in [2.05, 4.69) is 0 Å². The van der Waals surface area contributed by atoms with Crippen LogP contribution in [-0.2, 0) is 14.3 Å². The van der Waals surface area contributed by atoms with Crippen LogP contribution < -0.4 is 14.4 Å². The zero-order chi connectivity index (χ0) is 22.4. The Labute approximate surface area is 182 Å². The van der Waals surface area contributed by atoms with Gasteiger partial charge in [0.15, 0.2) is 0 Å². The predicted octanol–water partition coefficient (Wildman–Crippen LogP) is 4.75. The van der Waals surface area contributed by atoms with Gasteiger partial charge in [0.05, 0.1) is 31.0 Å². The number of esters is 1. The van der Waals surface area contributed by atoms with Gasteiger partial charge in [-0.3, -0.25) is 9.69 Å². The second-order valence-electron chi connectivity index (χ2n) is 6.81. The molecule has 162 valence electrons. The summed E-state index contributed by atoms with van der Waals surface area (Å²) in [5.41, 5.74) is 2.55. The minimum atomic E-state index is -0.515. The number of anilines is 1. The molecule has 0 atom stereocenters. The van der Waals surface area contributed by atoms with Gasteiger partial charge < -0.3 is 14.2 Å². The van der Waals surface area contributed by atoms with Crippen molar-refractivity contribution < 1.29 is 23.8 Å². The summed E-state index contributed by atoms with van der Waals surface area (Å²) in [5, 5.41) is 0. The summed E-state index contributed by atoms with van der Waals surface area (Å²) in [6.07, 6.45) is 1.71. The fourth-order valence-corrected chi connectivity index (χ4v) is 3.44. The largest absolute Gasteiger partial charge is 0.494 e. The molecule has 0 N–H and O–H groups in total. The quantitative estimate of drug-likeness (QED) is 0.455. The van der Waals surface area contributed by atoms with E-state index in [1.54, 1.807) is 44.2 Å². The molecule has 2 aromatic rings. The van der Waals surface area contributed by atoms with Gasteiger partial charge in [0, 0.05) is 11.4 Å². The van der Waals surface area contributed by atoms with Gasteiger partial charge in [-0.2, -0.15) is 0 Å². The first kappa shape index (κ1) is 22.2. The van der Waals surface area contributed by atoms with E-state index in [4.69, 9.17) is 14.2 Å². The number of benzene rings is 2. The number of ether oxygens (including phenoxy) is 3. The topological polar surface area (TPSA) is 65.1 Å². The smallest absolute Gasteiger partial charge is 0.340 e. The summed E-state index contributed by atoms with van der Waals surface area (Å²) < 4.78 is 16.2. The van der Waals surface area contributed by atoms with Crippen molar-refractivity contribution in [2.75, 3.05) is 24.7 Å². The lowest BCUT2D eigenvalue weighted by Gasteiger charge is -2.18. The van der Waals surface area contributed by atoms with Crippen LogP contribution in [-0.4, -0.2) is 31.7 Å². The molecule has 6 heteroatoms. The van der Waals surface area contributed by atoms with Crippen LogP contribution in [0.25, 0.3) is 6.08 Å². The molecule has 0 radical (unpaired) electrons. The minimum absolute atomic E-state index is 0.225. The van der Waals surface area contributed by atoms with E-state index in [1.807, 2.05) is 38.1 Å². The number of allylic oxidation sites excluding steroid dienone is 1. The van der Waals surface area contributed by atoms with E-state index in [0.29, 0.717) is 30.2 Å². The molecule has 0 bridgehead atoms. The van der Waals surface area contributed by atoms with E-state index in [-0.39, 0.29) is 18.1 Å². The van der Waals surface area contributed by atoms with Crippen LogP contribution in [0.5, 0.6) is 11.5 Å².